The van der Waals surface area contributed by atoms with Crippen LogP contribution in [0.2, 0.25) is 10.3 Å². The minimum Gasteiger partial charge on any atom is -0.402 e. The van der Waals surface area contributed by atoms with Gasteiger partial charge >= 0.3 is 6.01 Å². The number of piperazine rings is 1. The molecular weight excluding hydrogens is 569 g/mol. The van der Waals surface area contributed by atoms with Crippen LogP contribution in [0.5, 0.6) is 0 Å². The van der Waals surface area contributed by atoms with Crippen molar-refractivity contribution in [2.75, 3.05) is 61.0 Å². The summed E-state index contributed by atoms with van der Waals surface area (Å²) < 4.78 is 5.63. The molecule has 3 aromatic heterocycles. The molecule has 1 atom stereocenters. The number of hydrogen-bond acceptors (Lipinski definition) is 12. The molecule has 15 heteroatoms. The maximum atomic E-state index is 13.0. The molecule has 220 valence electrons. The Hall–Kier alpha value is -3.42. The molecule has 5 rings (SSSR count). The Labute approximate surface area is 248 Å². The Morgan fingerprint density at radius 1 is 1.05 bits per heavy atom. The molecule has 0 bridgehead atoms. The van der Waals surface area contributed by atoms with Crippen LogP contribution in [-0.4, -0.2) is 92.2 Å². The molecule has 0 unspecified atom stereocenters. The first-order valence-corrected chi connectivity index (χ1v) is 14.7. The number of nitrogen functional groups attached to an aromatic ring is 2. The molecule has 3 aromatic rings. The molecule has 41 heavy (non-hydrogen) atoms. The fraction of sp³-hybridized carbons (Fsp3) is 0.538. The van der Waals surface area contributed by atoms with Gasteiger partial charge in [-0.1, -0.05) is 42.1 Å². The Morgan fingerprint density at radius 3 is 2.54 bits per heavy atom. The summed E-state index contributed by atoms with van der Waals surface area (Å²) >= 11 is 12.5. The van der Waals surface area contributed by atoms with Crippen LogP contribution in [0.4, 0.5) is 23.5 Å². The molecule has 1 amide bonds. The third-order valence-corrected chi connectivity index (χ3v) is 8.12. The van der Waals surface area contributed by atoms with Crippen molar-refractivity contribution in [3.8, 4) is 11.6 Å². The summed E-state index contributed by atoms with van der Waals surface area (Å²) in [5, 5.41) is 11.6. The second-order valence-electron chi connectivity index (χ2n) is 10.2. The van der Waals surface area contributed by atoms with Crippen LogP contribution in [0.15, 0.2) is 16.5 Å². The molecule has 13 nitrogen and oxygen atoms in total. The van der Waals surface area contributed by atoms with E-state index in [1.54, 1.807) is 12.1 Å². The zero-order chi connectivity index (χ0) is 29.1. The molecule has 2 saturated heterocycles. The second kappa shape index (κ2) is 12.6. The van der Waals surface area contributed by atoms with Crippen molar-refractivity contribution in [1.29, 1.82) is 0 Å². The van der Waals surface area contributed by atoms with Crippen molar-refractivity contribution >= 4 is 52.6 Å². The first kappa shape index (κ1) is 29.1. The third-order valence-electron chi connectivity index (χ3n) is 7.66. The number of nitrogens with zero attached hydrogens (tertiary/aromatic N) is 8. The van der Waals surface area contributed by atoms with Gasteiger partial charge in [0.1, 0.15) is 11.0 Å². The number of hydrogen-bond donors (Lipinski definition) is 3. The topological polar surface area (TPSA) is 168 Å². The molecule has 2 aliphatic rings. The average molecular weight is 605 g/mol. The Kier molecular flexibility index (Phi) is 8.95. The summed E-state index contributed by atoms with van der Waals surface area (Å²) in [6, 6.07) is 4.19. The van der Waals surface area contributed by atoms with Gasteiger partial charge < -0.3 is 31.0 Å². The van der Waals surface area contributed by atoms with E-state index < -0.39 is 0 Å². The Balaban J connectivity index is 1.22. The minimum absolute atomic E-state index is 0.106. The number of carbonyl (C=O) groups is 1. The Morgan fingerprint density at radius 2 is 1.83 bits per heavy atom. The second-order valence-corrected chi connectivity index (χ2v) is 11.0. The zero-order valence-electron chi connectivity index (χ0n) is 23.2. The molecule has 0 radical (unpaired) electrons. The quantitative estimate of drug-likeness (QED) is 0.321. The molecule has 0 aliphatic carbocycles. The van der Waals surface area contributed by atoms with Crippen molar-refractivity contribution in [3.05, 3.63) is 28.0 Å². The number of pyridine rings is 1. The van der Waals surface area contributed by atoms with Gasteiger partial charge in [-0.3, -0.25) is 9.69 Å². The van der Waals surface area contributed by atoms with E-state index in [0.717, 1.165) is 45.3 Å². The summed E-state index contributed by atoms with van der Waals surface area (Å²) in [6.07, 6.45) is 3.63. The monoisotopic (exact) mass is 603 g/mol. The largest absolute Gasteiger partial charge is 0.402 e. The molecule has 5 N–H and O–H groups in total. The standard InChI is InChI=1S/C26H35Cl2N11O2/c1-3-9-31-26-36-35-24(41-26)19-22(30)34-23(20(28)33-19)38-12-13-39(15(4-2)14-38)16-7-10-37(11-8-16)25(40)17-5-6-18(27)32-21(17)29/h5-6,15-16H,3-4,7-14H2,1-2H3,(H2,29,32)(H2,30,34)(H,31,36)/t15-/m0/s1. The lowest BCUT2D eigenvalue weighted by atomic mass is 9.97. The number of halogens is 2. The smallest absolute Gasteiger partial charge is 0.315 e. The van der Waals surface area contributed by atoms with Gasteiger partial charge in [0.05, 0.1) is 5.56 Å². The maximum absolute atomic E-state index is 13.0. The van der Waals surface area contributed by atoms with Crippen LogP contribution in [0, 0.1) is 0 Å². The van der Waals surface area contributed by atoms with Crippen molar-refractivity contribution < 1.29 is 9.21 Å². The first-order chi connectivity index (χ1) is 19.8. The van der Waals surface area contributed by atoms with Gasteiger partial charge in [0.2, 0.25) is 0 Å². The number of carbonyl (C=O) groups excluding carboxylic acids is 1. The first-order valence-electron chi connectivity index (χ1n) is 13.9. The fourth-order valence-electron chi connectivity index (χ4n) is 5.51. The van der Waals surface area contributed by atoms with E-state index in [2.05, 4.69) is 47.2 Å². The number of aromatic nitrogens is 5. The minimum atomic E-state index is -0.106. The molecular formula is C26H35Cl2N11O2. The van der Waals surface area contributed by atoms with E-state index in [-0.39, 0.29) is 45.5 Å². The number of anilines is 4. The van der Waals surface area contributed by atoms with Crippen molar-refractivity contribution in [3.63, 3.8) is 0 Å². The number of amides is 1. The van der Waals surface area contributed by atoms with Crippen LogP contribution in [0.3, 0.4) is 0 Å². The summed E-state index contributed by atoms with van der Waals surface area (Å²) in [4.78, 5) is 32.7. The predicted octanol–water partition coefficient (Wildman–Crippen LogP) is 3.42. The number of piperidine rings is 1. The highest BCUT2D eigenvalue weighted by Crippen LogP contribution is 2.33. The summed E-state index contributed by atoms with van der Waals surface area (Å²) in [5.74, 6) is 0.944. The number of nitrogens with two attached hydrogens (primary N) is 2. The van der Waals surface area contributed by atoms with Crippen LogP contribution in [-0.2, 0) is 0 Å². The van der Waals surface area contributed by atoms with Crippen LogP contribution >= 0.6 is 23.2 Å². The lowest BCUT2D eigenvalue weighted by Gasteiger charge is -2.47. The lowest BCUT2D eigenvalue weighted by Crippen LogP contribution is -2.58. The summed E-state index contributed by atoms with van der Waals surface area (Å²) in [7, 11) is 0. The molecule has 0 spiro atoms. The highest BCUT2D eigenvalue weighted by atomic mass is 35.5. The van der Waals surface area contributed by atoms with Gasteiger partial charge in [0.25, 0.3) is 11.8 Å². The van der Waals surface area contributed by atoms with Gasteiger partial charge in [0.15, 0.2) is 22.5 Å². The maximum Gasteiger partial charge on any atom is 0.315 e. The highest BCUT2D eigenvalue weighted by Gasteiger charge is 2.35. The van der Waals surface area contributed by atoms with Gasteiger partial charge in [-0.2, -0.15) is 0 Å². The molecule has 5 heterocycles. The van der Waals surface area contributed by atoms with E-state index in [1.807, 2.05) is 11.8 Å². The molecule has 0 saturated carbocycles. The van der Waals surface area contributed by atoms with Crippen molar-refractivity contribution in [2.24, 2.45) is 0 Å². The number of nitrogens with one attached hydrogen (secondary N) is 1. The Bertz CT molecular complexity index is 1380. The molecule has 2 fully saturated rings. The molecule has 0 aromatic carbocycles. The van der Waals surface area contributed by atoms with Gasteiger partial charge in [-0.25, -0.2) is 15.0 Å². The van der Waals surface area contributed by atoms with Gasteiger partial charge in [0, 0.05) is 51.4 Å². The SMILES string of the molecule is CCCNc1nnc(-c2nc(Cl)c(N3CCN(C4CCN(C(=O)c5ccc(Cl)nc5N)CC4)[C@@H](CC)C3)nc2N)o1. The van der Waals surface area contributed by atoms with Gasteiger partial charge in [-0.05, 0) is 37.8 Å². The molecule has 2 aliphatic heterocycles. The van der Waals surface area contributed by atoms with E-state index in [9.17, 15) is 4.79 Å². The van der Waals surface area contributed by atoms with E-state index >= 15 is 0 Å². The van der Waals surface area contributed by atoms with Crippen molar-refractivity contribution in [1.82, 2.24) is 34.9 Å². The summed E-state index contributed by atoms with van der Waals surface area (Å²) in [5.41, 5.74) is 12.9. The van der Waals surface area contributed by atoms with Crippen molar-refractivity contribution in [2.45, 2.75) is 51.6 Å². The van der Waals surface area contributed by atoms with Crippen LogP contribution in [0.25, 0.3) is 11.6 Å². The van der Waals surface area contributed by atoms with Crippen LogP contribution in [0.1, 0.15) is 49.9 Å². The average Bonchev–Trinajstić information content (AvgIpc) is 3.45. The van der Waals surface area contributed by atoms with Crippen LogP contribution < -0.4 is 21.7 Å². The lowest BCUT2D eigenvalue weighted by molar-refractivity contribution is 0.0491. The fourth-order valence-corrected chi connectivity index (χ4v) is 5.91. The normalized spacial score (nSPS) is 18.6. The van der Waals surface area contributed by atoms with E-state index in [0.29, 0.717) is 43.1 Å². The highest BCUT2D eigenvalue weighted by molar-refractivity contribution is 6.32. The van der Waals surface area contributed by atoms with E-state index in [4.69, 9.17) is 39.1 Å². The third kappa shape index (κ3) is 6.26. The van der Waals surface area contributed by atoms with E-state index in [1.165, 1.54) is 0 Å². The number of rotatable bonds is 8. The summed E-state index contributed by atoms with van der Waals surface area (Å²) in [6.45, 7) is 8.54. The number of likely N-dealkylation sites (tertiary alicyclic amines) is 1. The predicted molar refractivity (Wildman–Crippen MR) is 159 cm³/mol. The van der Waals surface area contributed by atoms with Gasteiger partial charge in [-0.15, -0.1) is 5.10 Å². The zero-order valence-corrected chi connectivity index (χ0v) is 24.7.